The summed E-state index contributed by atoms with van der Waals surface area (Å²) in [5.74, 6) is 2.25. The third kappa shape index (κ3) is 3.51. The number of hydrogen-bond donors (Lipinski definition) is 2. The average molecular weight is 316 g/mol. The maximum atomic E-state index is 12.4. The molecule has 1 amide bonds. The number of benzene rings is 1. The zero-order valence-electron chi connectivity index (χ0n) is 11.9. The number of nitrogens with one attached hydrogen (secondary N) is 1. The second kappa shape index (κ2) is 6.70. The van der Waals surface area contributed by atoms with Crippen LogP contribution in [0.5, 0.6) is 11.6 Å². The molecule has 2 heterocycles. The van der Waals surface area contributed by atoms with Crippen LogP contribution in [0.15, 0.2) is 42.6 Å². The minimum atomic E-state index is -0.278. The first-order valence-electron chi connectivity index (χ1n) is 7.02. The average Bonchev–Trinajstić information content (AvgIpc) is 3.03. The normalized spacial score (nSPS) is 17.2. The number of aromatic hydroxyl groups is 1. The van der Waals surface area contributed by atoms with Gasteiger partial charge in [-0.15, -0.1) is 0 Å². The van der Waals surface area contributed by atoms with Crippen molar-refractivity contribution in [2.45, 2.75) is 12.5 Å². The Morgan fingerprint density at radius 2 is 2.14 bits per heavy atom. The van der Waals surface area contributed by atoms with Gasteiger partial charge in [0.05, 0.1) is 0 Å². The van der Waals surface area contributed by atoms with Gasteiger partial charge in [0.2, 0.25) is 5.88 Å². The van der Waals surface area contributed by atoms with E-state index in [-0.39, 0.29) is 17.8 Å². The Morgan fingerprint density at radius 3 is 2.86 bits per heavy atom. The molecule has 0 bridgehead atoms. The molecule has 2 aromatic rings. The molecule has 22 heavy (non-hydrogen) atoms. The van der Waals surface area contributed by atoms with E-state index in [9.17, 15) is 9.90 Å². The number of phenolic OH excluding ortho intramolecular Hbond substituents is 1. The fourth-order valence-electron chi connectivity index (χ4n) is 2.16. The van der Waals surface area contributed by atoms with Crippen LogP contribution in [0.1, 0.15) is 16.8 Å². The Kier molecular flexibility index (Phi) is 4.48. The first-order chi connectivity index (χ1) is 10.7. The highest BCUT2D eigenvalue weighted by Gasteiger charge is 2.21. The lowest BCUT2D eigenvalue weighted by Gasteiger charge is -2.14. The Morgan fingerprint density at radius 1 is 1.32 bits per heavy atom. The van der Waals surface area contributed by atoms with Crippen molar-refractivity contribution in [2.75, 3.05) is 16.8 Å². The molecule has 1 aliphatic heterocycles. The van der Waals surface area contributed by atoms with E-state index in [1.54, 1.807) is 30.5 Å². The number of pyridine rings is 1. The highest BCUT2D eigenvalue weighted by molar-refractivity contribution is 7.99. The van der Waals surface area contributed by atoms with Gasteiger partial charge in [-0.2, -0.15) is 11.8 Å². The summed E-state index contributed by atoms with van der Waals surface area (Å²) in [5.41, 5.74) is 1.02. The largest absolute Gasteiger partial charge is 0.508 e. The number of aromatic nitrogens is 1. The van der Waals surface area contributed by atoms with Gasteiger partial charge in [0.25, 0.3) is 5.91 Å². The highest BCUT2D eigenvalue weighted by Crippen LogP contribution is 2.25. The fraction of sp³-hybridized carbons (Fsp3) is 0.250. The van der Waals surface area contributed by atoms with Crippen LogP contribution in [0.4, 0.5) is 5.69 Å². The lowest BCUT2D eigenvalue weighted by Crippen LogP contribution is -2.20. The molecular formula is C16H16N2O3S. The van der Waals surface area contributed by atoms with Crippen LogP contribution in [-0.2, 0) is 0 Å². The molecule has 1 fully saturated rings. The summed E-state index contributed by atoms with van der Waals surface area (Å²) < 4.78 is 5.85. The van der Waals surface area contributed by atoms with E-state index < -0.39 is 0 Å². The zero-order valence-corrected chi connectivity index (χ0v) is 12.7. The van der Waals surface area contributed by atoms with Crippen LogP contribution in [0.3, 0.4) is 0 Å². The van der Waals surface area contributed by atoms with E-state index in [0.717, 1.165) is 17.9 Å². The van der Waals surface area contributed by atoms with Crippen molar-refractivity contribution in [3.05, 3.63) is 48.2 Å². The maximum Gasteiger partial charge on any atom is 0.261 e. The standard InChI is InChI=1S/C16H16N2O3S/c19-12-5-3-11(4-6-12)18-15(20)14-2-1-8-17-16(14)21-13-7-9-22-10-13/h1-6,8,13,19H,7,9-10H2,(H,18,20). The molecule has 114 valence electrons. The van der Waals surface area contributed by atoms with Crippen molar-refractivity contribution >= 4 is 23.4 Å². The highest BCUT2D eigenvalue weighted by atomic mass is 32.2. The summed E-state index contributed by atoms with van der Waals surface area (Å²) in [6, 6.07) is 9.72. The monoisotopic (exact) mass is 316 g/mol. The molecular weight excluding hydrogens is 300 g/mol. The molecule has 2 N–H and O–H groups in total. The van der Waals surface area contributed by atoms with Crippen molar-refractivity contribution in [1.29, 1.82) is 0 Å². The molecule has 0 spiro atoms. The number of carbonyl (C=O) groups excluding carboxylic acids is 1. The lowest BCUT2D eigenvalue weighted by atomic mass is 10.2. The number of rotatable bonds is 4. The number of thioether (sulfide) groups is 1. The van der Waals surface area contributed by atoms with Crippen molar-refractivity contribution in [1.82, 2.24) is 4.98 Å². The molecule has 6 heteroatoms. The quantitative estimate of drug-likeness (QED) is 0.849. The van der Waals surface area contributed by atoms with Crippen LogP contribution in [-0.4, -0.2) is 33.6 Å². The van der Waals surface area contributed by atoms with Crippen LogP contribution in [0.2, 0.25) is 0 Å². The molecule has 1 aromatic heterocycles. The van der Waals surface area contributed by atoms with E-state index in [1.807, 2.05) is 11.8 Å². The summed E-state index contributed by atoms with van der Waals surface area (Å²) in [5, 5.41) is 12.0. The predicted molar refractivity (Wildman–Crippen MR) is 86.7 cm³/mol. The SMILES string of the molecule is O=C(Nc1ccc(O)cc1)c1cccnc1OC1CCSC1. The second-order valence-electron chi connectivity index (χ2n) is 4.96. The zero-order chi connectivity index (χ0) is 15.4. The summed E-state index contributed by atoms with van der Waals surface area (Å²) in [4.78, 5) is 16.6. The Balaban J connectivity index is 1.75. The van der Waals surface area contributed by atoms with Crippen LogP contribution < -0.4 is 10.1 Å². The molecule has 0 saturated carbocycles. The number of carbonyl (C=O) groups is 1. The van der Waals surface area contributed by atoms with E-state index >= 15 is 0 Å². The molecule has 3 rings (SSSR count). The minimum absolute atomic E-state index is 0.111. The number of ether oxygens (including phenoxy) is 1. The van der Waals surface area contributed by atoms with Gasteiger partial charge in [0.1, 0.15) is 17.4 Å². The van der Waals surface area contributed by atoms with Gasteiger partial charge < -0.3 is 15.2 Å². The Bertz CT molecular complexity index is 655. The minimum Gasteiger partial charge on any atom is -0.508 e. The maximum absolute atomic E-state index is 12.4. The first kappa shape index (κ1) is 14.7. The van der Waals surface area contributed by atoms with Gasteiger partial charge in [-0.25, -0.2) is 4.98 Å². The molecule has 0 radical (unpaired) electrons. The van der Waals surface area contributed by atoms with E-state index in [1.165, 1.54) is 12.1 Å². The summed E-state index contributed by atoms with van der Waals surface area (Å²) in [6.07, 6.45) is 2.70. The van der Waals surface area contributed by atoms with Gasteiger partial charge in [-0.05, 0) is 48.6 Å². The summed E-state index contributed by atoms with van der Waals surface area (Å²) >= 11 is 1.84. The fourth-order valence-corrected chi connectivity index (χ4v) is 3.26. The van der Waals surface area contributed by atoms with Gasteiger partial charge in [-0.1, -0.05) is 0 Å². The van der Waals surface area contributed by atoms with Gasteiger partial charge >= 0.3 is 0 Å². The Hall–Kier alpha value is -2.21. The van der Waals surface area contributed by atoms with Gasteiger partial charge in [-0.3, -0.25) is 4.79 Å². The third-order valence-corrected chi connectivity index (χ3v) is 4.44. The summed E-state index contributed by atoms with van der Waals surface area (Å²) in [6.45, 7) is 0. The van der Waals surface area contributed by atoms with Crippen LogP contribution in [0, 0.1) is 0 Å². The molecule has 1 aromatic carbocycles. The van der Waals surface area contributed by atoms with Gasteiger partial charge in [0.15, 0.2) is 0 Å². The summed E-state index contributed by atoms with van der Waals surface area (Å²) in [7, 11) is 0. The van der Waals surface area contributed by atoms with Crippen LogP contribution in [0.25, 0.3) is 0 Å². The smallest absolute Gasteiger partial charge is 0.261 e. The van der Waals surface area contributed by atoms with E-state index in [0.29, 0.717) is 17.1 Å². The number of amides is 1. The molecule has 0 aliphatic carbocycles. The Labute approximate surface area is 132 Å². The number of phenols is 1. The predicted octanol–water partition coefficient (Wildman–Crippen LogP) is 2.92. The lowest BCUT2D eigenvalue weighted by molar-refractivity contribution is 0.101. The molecule has 1 atom stereocenters. The second-order valence-corrected chi connectivity index (χ2v) is 6.11. The van der Waals surface area contributed by atoms with Crippen LogP contribution >= 0.6 is 11.8 Å². The van der Waals surface area contributed by atoms with Gasteiger partial charge in [0, 0.05) is 17.6 Å². The third-order valence-electron chi connectivity index (χ3n) is 3.31. The number of hydrogen-bond acceptors (Lipinski definition) is 5. The molecule has 1 aliphatic rings. The van der Waals surface area contributed by atoms with Crippen molar-refractivity contribution in [3.8, 4) is 11.6 Å². The van der Waals surface area contributed by atoms with E-state index in [2.05, 4.69) is 10.3 Å². The topological polar surface area (TPSA) is 71.5 Å². The van der Waals surface area contributed by atoms with Crippen molar-refractivity contribution < 1.29 is 14.6 Å². The van der Waals surface area contributed by atoms with Crippen molar-refractivity contribution in [3.63, 3.8) is 0 Å². The number of anilines is 1. The first-order valence-corrected chi connectivity index (χ1v) is 8.17. The molecule has 5 nitrogen and oxygen atoms in total. The van der Waals surface area contributed by atoms with E-state index in [4.69, 9.17) is 4.74 Å². The number of nitrogens with zero attached hydrogens (tertiary/aromatic N) is 1. The van der Waals surface area contributed by atoms with Crippen molar-refractivity contribution in [2.24, 2.45) is 0 Å². The molecule has 1 saturated heterocycles. The molecule has 1 unspecified atom stereocenters.